The van der Waals surface area contributed by atoms with Crippen molar-refractivity contribution in [3.63, 3.8) is 0 Å². The predicted octanol–water partition coefficient (Wildman–Crippen LogP) is 2.31. The van der Waals surface area contributed by atoms with E-state index in [0.717, 1.165) is 6.04 Å². The minimum atomic E-state index is 0.893. The van der Waals surface area contributed by atoms with Crippen LogP contribution < -0.4 is 0 Å². The number of nitrogens with zero attached hydrogens (tertiary/aromatic N) is 1. The molecule has 1 unspecified atom stereocenters. The van der Waals surface area contributed by atoms with Crippen LogP contribution in [-0.4, -0.2) is 17.5 Å². The third-order valence-corrected chi connectivity index (χ3v) is 2.67. The number of allylic oxidation sites excluding steroid dienone is 3. The molecule has 11 heavy (non-hydrogen) atoms. The maximum atomic E-state index is 2.47. The smallest absolute Gasteiger partial charge is 0.0304 e. The minimum absolute atomic E-state index is 0.893. The Bertz CT molecular complexity index is 203. The van der Waals surface area contributed by atoms with Crippen LogP contribution in [0.2, 0.25) is 0 Å². The molecule has 0 amide bonds. The zero-order valence-corrected chi connectivity index (χ0v) is 7.09. The van der Waals surface area contributed by atoms with E-state index in [1.807, 2.05) is 0 Å². The van der Waals surface area contributed by atoms with Crippen molar-refractivity contribution in [2.45, 2.75) is 32.2 Å². The molecule has 0 aliphatic carbocycles. The van der Waals surface area contributed by atoms with Crippen molar-refractivity contribution in [1.82, 2.24) is 4.90 Å². The molecule has 1 fully saturated rings. The van der Waals surface area contributed by atoms with Gasteiger partial charge in [-0.2, -0.15) is 0 Å². The quantitative estimate of drug-likeness (QED) is 0.553. The molecule has 2 heterocycles. The largest absolute Gasteiger partial charge is 0.374 e. The second-order valence-corrected chi connectivity index (χ2v) is 3.42. The highest BCUT2D eigenvalue weighted by atomic mass is 15.2. The molecule has 60 valence electrons. The van der Waals surface area contributed by atoms with Crippen LogP contribution in [0.4, 0.5) is 0 Å². The summed E-state index contributed by atoms with van der Waals surface area (Å²) in [5, 5.41) is 0. The standard InChI is InChI=1S/C10H15N/c1-2-3-9-4-5-10-6-7-11(10)8-9/h2-3,8,10H,4-7H2,1H3. The third kappa shape index (κ3) is 1.20. The van der Waals surface area contributed by atoms with Gasteiger partial charge < -0.3 is 4.90 Å². The van der Waals surface area contributed by atoms with Gasteiger partial charge in [0.05, 0.1) is 0 Å². The molecule has 0 radical (unpaired) electrons. The topological polar surface area (TPSA) is 3.24 Å². The summed E-state index contributed by atoms with van der Waals surface area (Å²) in [4.78, 5) is 2.47. The highest BCUT2D eigenvalue weighted by molar-refractivity contribution is 5.21. The summed E-state index contributed by atoms with van der Waals surface area (Å²) in [7, 11) is 0. The third-order valence-electron chi connectivity index (χ3n) is 2.67. The molecule has 2 rings (SSSR count). The van der Waals surface area contributed by atoms with Crippen LogP contribution in [0.15, 0.2) is 23.9 Å². The molecule has 2 aliphatic heterocycles. The van der Waals surface area contributed by atoms with E-state index >= 15 is 0 Å². The SMILES string of the molecule is CC=CC1=CN2CCC2CC1. The molecule has 0 saturated carbocycles. The maximum absolute atomic E-state index is 2.47. The van der Waals surface area contributed by atoms with Crippen LogP contribution in [0.1, 0.15) is 26.2 Å². The van der Waals surface area contributed by atoms with Gasteiger partial charge in [-0.25, -0.2) is 0 Å². The Balaban J connectivity index is 2.06. The van der Waals surface area contributed by atoms with Gasteiger partial charge in [-0.15, -0.1) is 0 Å². The number of hydrogen-bond donors (Lipinski definition) is 0. The van der Waals surface area contributed by atoms with Crippen molar-refractivity contribution in [3.8, 4) is 0 Å². The van der Waals surface area contributed by atoms with Gasteiger partial charge in [-0.1, -0.05) is 12.2 Å². The van der Waals surface area contributed by atoms with Crippen LogP contribution in [0, 0.1) is 0 Å². The first-order chi connectivity index (χ1) is 5.40. The van der Waals surface area contributed by atoms with E-state index < -0.39 is 0 Å². The van der Waals surface area contributed by atoms with Crippen molar-refractivity contribution >= 4 is 0 Å². The van der Waals surface area contributed by atoms with Crippen LogP contribution in [0.5, 0.6) is 0 Å². The average molecular weight is 149 g/mol. The number of hydrogen-bond acceptors (Lipinski definition) is 1. The second kappa shape index (κ2) is 2.72. The Kier molecular flexibility index (Phi) is 1.72. The zero-order valence-electron chi connectivity index (χ0n) is 7.09. The van der Waals surface area contributed by atoms with Crippen molar-refractivity contribution in [2.24, 2.45) is 0 Å². The summed E-state index contributed by atoms with van der Waals surface area (Å²) in [6, 6.07) is 0.893. The van der Waals surface area contributed by atoms with Crippen LogP contribution in [0.25, 0.3) is 0 Å². The molecule has 0 aromatic carbocycles. The second-order valence-electron chi connectivity index (χ2n) is 3.42. The van der Waals surface area contributed by atoms with E-state index in [4.69, 9.17) is 0 Å². The lowest BCUT2D eigenvalue weighted by Crippen LogP contribution is -2.45. The summed E-state index contributed by atoms with van der Waals surface area (Å²) in [5.41, 5.74) is 1.50. The molecule has 0 N–H and O–H groups in total. The first-order valence-electron chi connectivity index (χ1n) is 4.49. The van der Waals surface area contributed by atoms with Gasteiger partial charge in [-0.05, 0) is 31.8 Å². The molecule has 1 nitrogen and oxygen atoms in total. The van der Waals surface area contributed by atoms with Gasteiger partial charge in [0.15, 0.2) is 0 Å². The fraction of sp³-hybridized carbons (Fsp3) is 0.600. The Labute approximate surface area is 68.4 Å². The van der Waals surface area contributed by atoms with Gasteiger partial charge in [0.2, 0.25) is 0 Å². The highest BCUT2D eigenvalue weighted by Crippen LogP contribution is 2.29. The van der Waals surface area contributed by atoms with E-state index in [1.165, 1.54) is 31.4 Å². The first-order valence-corrected chi connectivity index (χ1v) is 4.49. The van der Waals surface area contributed by atoms with Crippen molar-refractivity contribution < 1.29 is 0 Å². The molecular weight excluding hydrogens is 134 g/mol. The van der Waals surface area contributed by atoms with E-state index in [9.17, 15) is 0 Å². The van der Waals surface area contributed by atoms with Crippen LogP contribution in [-0.2, 0) is 0 Å². The van der Waals surface area contributed by atoms with Crippen molar-refractivity contribution in [2.75, 3.05) is 6.54 Å². The first kappa shape index (κ1) is 6.96. The maximum Gasteiger partial charge on any atom is 0.0304 e. The van der Waals surface area contributed by atoms with E-state index in [-0.39, 0.29) is 0 Å². The monoisotopic (exact) mass is 149 g/mol. The Hall–Kier alpha value is -0.720. The lowest BCUT2D eigenvalue weighted by molar-refractivity contribution is 0.134. The highest BCUT2D eigenvalue weighted by Gasteiger charge is 2.27. The molecule has 0 aromatic heterocycles. The van der Waals surface area contributed by atoms with E-state index in [0.29, 0.717) is 0 Å². The van der Waals surface area contributed by atoms with E-state index in [2.05, 4.69) is 30.2 Å². The molecule has 2 aliphatic rings. The lowest BCUT2D eigenvalue weighted by atomic mass is 9.92. The summed E-state index contributed by atoms with van der Waals surface area (Å²) in [6.45, 7) is 3.37. The summed E-state index contributed by atoms with van der Waals surface area (Å²) < 4.78 is 0. The van der Waals surface area contributed by atoms with Gasteiger partial charge in [-0.3, -0.25) is 0 Å². The van der Waals surface area contributed by atoms with Gasteiger partial charge >= 0.3 is 0 Å². The minimum Gasteiger partial charge on any atom is -0.374 e. The zero-order chi connectivity index (χ0) is 7.68. The van der Waals surface area contributed by atoms with Crippen molar-refractivity contribution in [1.29, 1.82) is 0 Å². The van der Waals surface area contributed by atoms with Gasteiger partial charge in [0.1, 0.15) is 0 Å². The van der Waals surface area contributed by atoms with Gasteiger partial charge in [0.25, 0.3) is 0 Å². The number of rotatable bonds is 1. The fourth-order valence-corrected chi connectivity index (χ4v) is 1.89. The normalized spacial score (nSPS) is 29.7. The predicted molar refractivity (Wildman–Crippen MR) is 47.2 cm³/mol. The molecule has 1 saturated heterocycles. The Morgan fingerprint density at radius 1 is 1.55 bits per heavy atom. The Morgan fingerprint density at radius 3 is 3.00 bits per heavy atom. The molecular formula is C10H15N. The lowest BCUT2D eigenvalue weighted by Gasteiger charge is -2.43. The molecule has 0 spiro atoms. The summed E-state index contributed by atoms with van der Waals surface area (Å²) in [6.07, 6.45) is 10.8. The molecule has 1 heteroatoms. The summed E-state index contributed by atoms with van der Waals surface area (Å²) >= 11 is 0. The fourth-order valence-electron chi connectivity index (χ4n) is 1.89. The Morgan fingerprint density at radius 2 is 2.45 bits per heavy atom. The van der Waals surface area contributed by atoms with Gasteiger partial charge in [0, 0.05) is 18.8 Å². The average Bonchev–Trinajstić information content (AvgIpc) is 1.96. The van der Waals surface area contributed by atoms with Crippen LogP contribution >= 0.6 is 0 Å². The summed E-state index contributed by atoms with van der Waals surface area (Å²) in [5.74, 6) is 0. The molecule has 0 bridgehead atoms. The van der Waals surface area contributed by atoms with E-state index in [1.54, 1.807) is 0 Å². The number of fused-ring (bicyclic) bond motifs is 1. The molecule has 1 atom stereocenters. The van der Waals surface area contributed by atoms with Crippen molar-refractivity contribution in [3.05, 3.63) is 23.9 Å². The molecule has 0 aromatic rings. The van der Waals surface area contributed by atoms with Crippen LogP contribution in [0.3, 0.4) is 0 Å².